The van der Waals surface area contributed by atoms with E-state index in [9.17, 15) is 9.59 Å². The molecular formula is C18H16N6O2. The van der Waals surface area contributed by atoms with Gasteiger partial charge < -0.3 is 15.3 Å². The van der Waals surface area contributed by atoms with E-state index >= 15 is 0 Å². The number of aromatic amines is 2. The van der Waals surface area contributed by atoms with Crippen molar-refractivity contribution in [2.24, 2.45) is 0 Å². The van der Waals surface area contributed by atoms with Gasteiger partial charge in [0.1, 0.15) is 11.3 Å². The summed E-state index contributed by atoms with van der Waals surface area (Å²) in [5.41, 5.74) is 2.65. The van der Waals surface area contributed by atoms with Crippen LogP contribution in [0.3, 0.4) is 0 Å². The summed E-state index contributed by atoms with van der Waals surface area (Å²) >= 11 is 0. The van der Waals surface area contributed by atoms with Gasteiger partial charge in [0.15, 0.2) is 5.69 Å². The van der Waals surface area contributed by atoms with Crippen LogP contribution >= 0.6 is 0 Å². The van der Waals surface area contributed by atoms with Crippen molar-refractivity contribution >= 4 is 11.4 Å². The number of aromatic nitrogens is 5. The average molecular weight is 348 g/mol. The molecule has 0 aliphatic carbocycles. The van der Waals surface area contributed by atoms with E-state index in [-0.39, 0.29) is 23.7 Å². The highest BCUT2D eigenvalue weighted by Crippen LogP contribution is 2.14. The van der Waals surface area contributed by atoms with Gasteiger partial charge in [-0.2, -0.15) is 5.10 Å². The molecule has 0 atom stereocenters. The Morgan fingerprint density at radius 3 is 2.85 bits per heavy atom. The number of rotatable bonds is 4. The molecule has 0 radical (unpaired) electrons. The second-order valence-corrected chi connectivity index (χ2v) is 5.93. The summed E-state index contributed by atoms with van der Waals surface area (Å²) in [5, 5.41) is 6.93. The Balaban J connectivity index is 1.48. The van der Waals surface area contributed by atoms with E-state index in [0.717, 1.165) is 17.1 Å². The fraction of sp³-hybridized carbons (Fsp3) is 0.111. The molecule has 4 aromatic rings. The Bertz CT molecular complexity index is 1140. The Kier molecular flexibility index (Phi) is 3.85. The Morgan fingerprint density at radius 1 is 1.23 bits per heavy atom. The highest BCUT2D eigenvalue weighted by Gasteiger charge is 2.13. The van der Waals surface area contributed by atoms with Crippen LogP contribution in [0.15, 0.2) is 53.6 Å². The molecule has 0 saturated carbocycles. The number of imidazole rings is 1. The van der Waals surface area contributed by atoms with Crippen LogP contribution in [0.1, 0.15) is 21.9 Å². The monoisotopic (exact) mass is 348 g/mol. The van der Waals surface area contributed by atoms with Gasteiger partial charge in [-0.1, -0.05) is 30.3 Å². The second kappa shape index (κ2) is 6.32. The van der Waals surface area contributed by atoms with Crippen molar-refractivity contribution in [2.45, 2.75) is 13.5 Å². The summed E-state index contributed by atoms with van der Waals surface area (Å²) in [4.78, 5) is 34.4. The maximum absolute atomic E-state index is 12.3. The van der Waals surface area contributed by atoms with Gasteiger partial charge in [-0.15, -0.1) is 0 Å². The lowest BCUT2D eigenvalue weighted by Gasteiger charge is -2.00. The van der Waals surface area contributed by atoms with Crippen LogP contribution < -0.4 is 10.9 Å². The first-order chi connectivity index (χ1) is 12.6. The zero-order valence-corrected chi connectivity index (χ0v) is 14.0. The molecule has 3 heterocycles. The number of hydrogen-bond donors (Lipinski definition) is 3. The minimum absolute atomic E-state index is 0.184. The highest BCUT2D eigenvalue weighted by molar-refractivity contribution is 5.93. The Morgan fingerprint density at radius 2 is 2.04 bits per heavy atom. The number of aryl methyl sites for hydroxylation is 1. The first-order valence-electron chi connectivity index (χ1n) is 8.07. The number of amides is 1. The predicted octanol–water partition coefficient (Wildman–Crippen LogP) is 1.65. The number of H-pyrrole nitrogens is 2. The van der Waals surface area contributed by atoms with Crippen LogP contribution in [0.4, 0.5) is 0 Å². The van der Waals surface area contributed by atoms with Crippen LogP contribution in [0.25, 0.3) is 16.9 Å². The van der Waals surface area contributed by atoms with Gasteiger partial charge >= 0.3 is 0 Å². The van der Waals surface area contributed by atoms with Crippen LogP contribution in [0.5, 0.6) is 0 Å². The number of nitrogens with one attached hydrogen (secondary N) is 3. The van der Waals surface area contributed by atoms with Crippen molar-refractivity contribution < 1.29 is 4.79 Å². The van der Waals surface area contributed by atoms with Gasteiger partial charge in [0.2, 0.25) is 0 Å². The zero-order valence-electron chi connectivity index (χ0n) is 14.0. The lowest BCUT2D eigenvalue weighted by molar-refractivity contribution is 0.0945. The molecule has 3 aromatic heterocycles. The van der Waals surface area contributed by atoms with E-state index < -0.39 is 0 Å². The van der Waals surface area contributed by atoms with Crippen molar-refractivity contribution in [3.8, 4) is 11.4 Å². The van der Waals surface area contributed by atoms with Crippen LogP contribution in [0.2, 0.25) is 0 Å². The highest BCUT2D eigenvalue weighted by atomic mass is 16.2. The van der Waals surface area contributed by atoms with Crippen molar-refractivity contribution in [1.29, 1.82) is 0 Å². The molecule has 0 spiro atoms. The summed E-state index contributed by atoms with van der Waals surface area (Å²) in [6.45, 7) is 2.03. The normalized spacial score (nSPS) is 11.0. The van der Waals surface area contributed by atoms with E-state index in [1.165, 1.54) is 10.6 Å². The van der Waals surface area contributed by atoms with Crippen molar-refractivity contribution in [3.63, 3.8) is 0 Å². The first kappa shape index (κ1) is 15.8. The molecular weight excluding hydrogens is 332 g/mol. The standard InChI is InChI=1S/C18H16N6O2/c1-11-10-24-15(18(26)21-11)7-14(23-24)17(25)20-9-13-8-19-16(22-13)12-5-3-2-4-6-12/h2-8,10H,9H2,1H3,(H,19,22)(H,20,25)(H,21,26). The Labute approximate surface area is 147 Å². The summed E-state index contributed by atoms with van der Waals surface area (Å²) in [5.74, 6) is 0.381. The number of carbonyl (C=O) groups is 1. The molecule has 0 aliphatic heterocycles. The lowest BCUT2D eigenvalue weighted by Crippen LogP contribution is -2.23. The largest absolute Gasteiger partial charge is 0.345 e. The third-order valence-corrected chi connectivity index (χ3v) is 3.94. The molecule has 3 N–H and O–H groups in total. The molecule has 1 amide bonds. The molecule has 26 heavy (non-hydrogen) atoms. The quantitative estimate of drug-likeness (QED) is 0.521. The molecule has 8 heteroatoms. The number of carbonyl (C=O) groups excluding carboxylic acids is 1. The average Bonchev–Trinajstić information content (AvgIpc) is 3.27. The van der Waals surface area contributed by atoms with E-state index in [2.05, 4.69) is 25.4 Å². The van der Waals surface area contributed by atoms with Crippen LogP contribution in [-0.4, -0.2) is 30.5 Å². The SMILES string of the molecule is Cc1cn2nc(C(=O)NCc3cnc(-c4ccccc4)[nH]3)cc2c(=O)[nH]1. The molecule has 8 nitrogen and oxygen atoms in total. The van der Waals surface area contributed by atoms with Gasteiger partial charge in [-0.25, -0.2) is 9.50 Å². The summed E-state index contributed by atoms with van der Waals surface area (Å²) in [6.07, 6.45) is 3.34. The number of hydrogen-bond acceptors (Lipinski definition) is 4. The van der Waals surface area contributed by atoms with Crippen molar-refractivity contribution in [3.05, 3.63) is 76.2 Å². The third-order valence-electron chi connectivity index (χ3n) is 3.94. The summed E-state index contributed by atoms with van der Waals surface area (Å²) < 4.78 is 1.41. The van der Waals surface area contributed by atoms with Gasteiger partial charge in [-0.05, 0) is 6.92 Å². The molecule has 4 rings (SSSR count). The van der Waals surface area contributed by atoms with Gasteiger partial charge in [0, 0.05) is 23.5 Å². The molecule has 1 aromatic carbocycles. The fourth-order valence-electron chi connectivity index (χ4n) is 2.69. The Hall–Kier alpha value is -3.68. The first-order valence-corrected chi connectivity index (χ1v) is 8.07. The third kappa shape index (κ3) is 3.00. The number of benzene rings is 1. The predicted molar refractivity (Wildman–Crippen MR) is 95.7 cm³/mol. The number of nitrogens with zero attached hydrogens (tertiary/aromatic N) is 3. The molecule has 130 valence electrons. The number of fused-ring (bicyclic) bond motifs is 1. The van der Waals surface area contributed by atoms with Crippen LogP contribution in [-0.2, 0) is 6.54 Å². The second-order valence-electron chi connectivity index (χ2n) is 5.93. The van der Waals surface area contributed by atoms with E-state index in [4.69, 9.17) is 0 Å². The summed E-state index contributed by atoms with van der Waals surface area (Å²) in [6, 6.07) is 11.2. The van der Waals surface area contributed by atoms with Gasteiger partial charge in [0.05, 0.1) is 18.4 Å². The molecule has 0 aliphatic rings. The topological polar surface area (TPSA) is 108 Å². The minimum Gasteiger partial charge on any atom is -0.345 e. The maximum atomic E-state index is 12.3. The van der Waals surface area contributed by atoms with Gasteiger partial charge in [-0.3, -0.25) is 9.59 Å². The lowest BCUT2D eigenvalue weighted by atomic mass is 10.2. The molecule has 0 fully saturated rings. The molecule has 0 saturated heterocycles. The van der Waals surface area contributed by atoms with Crippen LogP contribution in [0, 0.1) is 6.92 Å². The van der Waals surface area contributed by atoms with Crippen molar-refractivity contribution in [2.75, 3.05) is 0 Å². The van der Waals surface area contributed by atoms with E-state index in [0.29, 0.717) is 11.2 Å². The van der Waals surface area contributed by atoms with E-state index in [1.807, 2.05) is 30.3 Å². The fourth-order valence-corrected chi connectivity index (χ4v) is 2.69. The zero-order chi connectivity index (χ0) is 18.1. The molecule has 0 unspecified atom stereocenters. The minimum atomic E-state index is -0.360. The molecule has 0 bridgehead atoms. The van der Waals surface area contributed by atoms with Crippen molar-refractivity contribution in [1.82, 2.24) is 29.9 Å². The summed E-state index contributed by atoms with van der Waals surface area (Å²) in [7, 11) is 0. The van der Waals surface area contributed by atoms with E-state index in [1.54, 1.807) is 19.3 Å². The van der Waals surface area contributed by atoms with Gasteiger partial charge in [0.25, 0.3) is 11.5 Å². The smallest absolute Gasteiger partial charge is 0.274 e. The maximum Gasteiger partial charge on any atom is 0.274 e.